The first-order valence-electron chi connectivity index (χ1n) is 8.97. The summed E-state index contributed by atoms with van der Waals surface area (Å²) >= 11 is 0. The normalized spacial score (nSPS) is 20.0. The summed E-state index contributed by atoms with van der Waals surface area (Å²) in [5.41, 5.74) is 10.3. The van der Waals surface area contributed by atoms with Crippen LogP contribution in [0.3, 0.4) is 0 Å². The van der Waals surface area contributed by atoms with E-state index in [9.17, 15) is 4.79 Å². The summed E-state index contributed by atoms with van der Waals surface area (Å²) in [7, 11) is 1.93. The summed E-state index contributed by atoms with van der Waals surface area (Å²) in [6.07, 6.45) is 0. The van der Waals surface area contributed by atoms with Crippen LogP contribution in [0.15, 0.2) is 30.3 Å². The van der Waals surface area contributed by atoms with Crippen molar-refractivity contribution in [1.29, 1.82) is 0 Å². The molecule has 1 aromatic heterocycles. The third-order valence-electron chi connectivity index (χ3n) is 5.65. The third kappa shape index (κ3) is 4.48. The molecule has 1 saturated heterocycles. The van der Waals surface area contributed by atoms with Crippen LogP contribution in [0.25, 0.3) is 0 Å². The zero-order chi connectivity index (χ0) is 18.1. The average molecular weight is 413 g/mol. The van der Waals surface area contributed by atoms with E-state index in [4.69, 9.17) is 5.73 Å². The lowest BCUT2D eigenvalue weighted by molar-refractivity contribution is -0.131. The zero-order valence-corrected chi connectivity index (χ0v) is 18.0. The molecular weight excluding hydrogens is 383 g/mol. The topological polar surface area (TPSA) is 64.2 Å². The van der Waals surface area contributed by atoms with Gasteiger partial charge in [0.25, 0.3) is 0 Å². The summed E-state index contributed by atoms with van der Waals surface area (Å²) < 4.78 is 1.86. The van der Waals surface area contributed by atoms with E-state index in [1.54, 1.807) is 0 Å². The minimum atomic E-state index is -0.179. The van der Waals surface area contributed by atoms with Crippen LogP contribution in [0, 0.1) is 19.8 Å². The molecule has 0 spiro atoms. The van der Waals surface area contributed by atoms with E-state index in [0.29, 0.717) is 18.4 Å². The van der Waals surface area contributed by atoms with Gasteiger partial charge in [-0.15, -0.1) is 24.8 Å². The van der Waals surface area contributed by atoms with Crippen molar-refractivity contribution in [2.45, 2.75) is 32.6 Å². The Morgan fingerprint density at radius 3 is 2.37 bits per heavy atom. The van der Waals surface area contributed by atoms with Crippen LogP contribution in [0.2, 0.25) is 0 Å². The molecule has 3 rings (SSSR count). The maximum absolute atomic E-state index is 13.1. The van der Waals surface area contributed by atoms with Crippen molar-refractivity contribution >= 4 is 30.7 Å². The molecule has 0 aliphatic carbocycles. The van der Waals surface area contributed by atoms with Gasteiger partial charge in [0.2, 0.25) is 5.91 Å². The van der Waals surface area contributed by atoms with Crippen LogP contribution in [0.5, 0.6) is 0 Å². The summed E-state index contributed by atoms with van der Waals surface area (Å²) in [5.74, 6) is 0.630. The first kappa shape index (κ1) is 23.5. The van der Waals surface area contributed by atoms with Crippen molar-refractivity contribution in [1.82, 2.24) is 14.7 Å². The van der Waals surface area contributed by atoms with E-state index in [2.05, 4.69) is 29.4 Å². The fraction of sp³-hybridized carbons (Fsp3) is 0.500. The minimum absolute atomic E-state index is 0. The van der Waals surface area contributed by atoms with Crippen molar-refractivity contribution in [3.8, 4) is 0 Å². The number of likely N-dealkylation sites (tertiary alicyclic amines) is 1. The molecule has 0 bridgehead atoms. The molecule has 2 heterocycles. The molecule has 1 aromatic carbocycles. The summed E-state index contributed by atoms with van der Waals surface area (Å²) in [6.45, 7) is 8.07. The summed E-state index contributed by atoms with van der Waals surface area (Å²) in [5, 5.41) is 4.46. The largest absolute Gasteiger partial charge is 0.341 e. The highest BCUT2D eigenvalue weighted by Gasteiger charge is 2.37. The minimum Gasteiger partial charge on any atom is -0.341 e. The second kappa shape index (κ2) is 9.58. The van der Waals surface area contributed by atoms with E-state index in [-0.39, 0.29) is 36.6 Å². The monoisotopic (exact) mass is 412 g/mol. The van der Waals surface area contributed by atoms with Gasteiger partial charge in [0.1, 0.15) is 0 Å². The number of hydrogen-bond acceptors (Lipinski definition) is 3. The fourth-order valence-corrected chi connectivity index (χ4v) is 4.18. The second-order valence-electron chi connectivity index (χ2n) is 7.19. The molecular formula is C20H30Cl2N4O. The number of rotatable bonds is 4. The Morgan fingerprint density at radius 1 is 1.22 bits per heavy atom. The van der Waals surface area contributed by atoms with Crippen molar-refractivity contribution in [3.05, 3.63) is 52.8 Å². The molecule has 3 atom stereocenters. The van der Waals surface area contributed by atoms with Crippen LogP contribution in [0.4, 0.5) is 0 Å². The number of aryl methyl sites for hydroxylation is 2. The van der Waals surface area contributed by atoms with Gasteiger partial charge in [0.05, 0.1) is 11.6 Å². The Bertz CT molecular complexity index is 763. The number of aromatic nitrogens is 2. The van der Waals surface area contributed by atoms with Crippen molar-refractivity contribution in [2.75, 3.05) is 19.6 Å². The van der Waals surface area contributed by atoms with Crippen molar-refractivity contribution in [3.63, 3.8) is 0 Å². The van der Waals surface area contributed by atoms with Gasteiger partial charge in [-0.05, 0) is 38.8 Å². The van der Waals surface area contributed by atoms with Crippen molar-refractivity contribution in [2.24, 2.45) is 18.7 Å². The van der Waals surface area contributed by atoms with E-state index >= 15 is 0 Å². The van der Waals surface area contributed by atoms with Crippen molar-refractivity contribution < 1.29 is 4.79 Å². The molecule has 27 heavy (non-hydrogen) atoms. The van der Waals surface area contributed by atoms with Gasteiger partial charge in [-0.2, -0.15) is 5.10 Å². The van der Waals surface area contributed by atoms with E-state index in [1.165, 1.54) is 5.56 Å². The standard InChI is InChI=1S/C20H28N4O.2ClH/c1-13(19-14(2)22-23(4)15(19)3)20(25)24-11-17(10-21)18(12-24)16-8-6-5-7-9-16;;/h5-9,13,17-18H,10-12,21H2,1-4H3;2*1H/t13?,17-,18+;;/m1../s1. The first-order valence-corrected chi connectivity index (χ1v) is 8.97. The van der Waals surface area contributed by atoms with E-state index < -0.39 is 0 Å². The maximum atomic E-state index is 13.1. The molecule has 1 aliphatic rings. The summed E-state index contributed by atoms with van der Waals surface area (Å²) in [6, 6.07) is 10.4. The molecule has 2 aromatic rings. The Morgan fingerprint density at radius 2 is 1.85 bits per heavy atom. The molecule has 1 amide bonds. The fourth-order valence-electron chi connectivity index (χ4n) is 4.18. The highest BCUT2D eigenvalue weighted by atomic mass is 35.5. The molecule has 0 saturated carbocycles. The Balaban J connectivity index is 0.00000182. The Labute approximate surface area is 174 Å². The first-order chi connectivity index (χ1) is 11.9. The van der Waals surface area contributed by atoms with E-state index in [1.807, 2.05) is 43.5 Å². The number of amides is 1. The van der Waals surface area contributed by atoms with Gasteiger partial charge in [0, 0.05) is 37.3 Å². The molecule has 0 radical (unpaired) electrons. The number of nitrogens with two attached hydrogens (primary N) is 1. The van der Waals surface area contributed by atoms with Crippen LogP contribution >= 0.6 is 24.8 Å². The van der Waals surface area contributed by atoms with Gasteiger partial charge in [0.15, 0.2) is 0 Å². The maximum Gasteiger partial charge on any atom is 0.230 e. The Kier molecular flexibility index (Phi) is 8.33. The number of carbonyl (C=O) groups excluding carboxylic acids is 1. The summed E-state index contributed by atoms with van der Waals surface area (Å²) in [4.78, 5) is 15.1. The number of carbonyl (C=O) groups is 1. The average Bonchev–Trinajstić information content (AvgIpc) is 3.15. The highest BCUT2D eigenvalue weighted by Crippen LogP contribution is 2.34. The van der Waals surface area contributed by atoms with Crippen LogP contribution in [0.1, 0.15) is 41.3 Å². The quantitative estimate of drug-likeness (QED) is 0.838. The van der Waals surface area contributed by atoms with Crippen LogP contribution in [-0.4, -0.2) is 40.2 Å². The van der Waals surface area contributed by atoms with Crippen LogP contribution in [-0.2, 0) is 11.8 Å². The lowest BCUT2D eigenvalue weighted by atomic mass is 9.89. The predicted molar refractivity (Wildman–Crippen MR) is 114 cm³/mol. The molecule has 2 N–H and O–H groups in total. The van der Waals surface area contributed by atoms with E-state index in [0.717, 1.165) is 30.0 Å². The number of hydrogen-bond donors (Lipinski definition) is 1. The zero-order valence-electron chi connectivity index (χ0n) is 16.4. The third-order valence-corrected chi connectivity index (χ3v) is 5.65. The van der Waals surface area contributed by atoms with Gasteiger partial charge in [-0.25, -0.2) is 0 Å². The lowest BCUT2D eigenvalue weighted by Crippen LogP contribution is -2.33. The van der Waals surface area contributed by atoms with Gasteiger partial charge in [-0.3, -0.25) is 9.48 Å². The smallest absolute Gasteiger partial charge is 0.230 e. The molecule has 150 valence electrons. The van der Waals surface area contributed by atoms with Gasteiger partial charge in [-0.1, -0.05) is 30.3 Å². The number of nitrogens with zero attached hydrogens (tertiary/aromatic N) is 3. The molecule has 1 unspecified atom stereocenters. The molecule has 1 aliphatic heterocycles. The molecule has 7 heteroatoms. The van der Waals surface area contributed by atoms with Gasteiger partial charge < -0.3 is 10.6 Å². The predicted octanol–water partition coefficient (Wildman–Crippen LogP) is 3.18. The number of benzene rings is 1. The SMILES string of the molecule is Cc1nn(C)c(C)c1C(C)C(=O)N1C[C@@H](CN)[C@H](c2ccccc2)C1.Cl.Cl. The van der Waals surface area contributed by atoms with Crippen LogP contribution < -0.4 is 5.73 Å². The van der Waals surface area contributed by atoms with Gasteiger partial charge >= 0.3 is 0 Å². The lowest BCUT2D eigenvalue weighted by Gasteiger charge is -2.21. The number of halogens is 2. The molecule has 1 fully saturated rings. The highest BCUT2D eigenvalue weighted by molar-refractivity contribution is 5.85. The Hall–Kier alpha value is -1.56. The molecule has 5 nitrogen and oxygen atoms in total. The second-order valence-corrected chi connectivity index (χ2v) is 7.19.